The molecule has 0 bridgehead atoms. The number of amides is 1. The molecule has 126 valence electrons. The second-order valence-electron chi connectivity index (χ2n) is 5.80. The predicted octanol–water partition coefficient (Wildman–Crippen LogP) is 3.70. The van der Waals surface area contributed by atoms with E-state index in [9.17, 15) is 4.79 Å². The van der Waals surface area contributed by atoms with Crippen molar-refractivity contribution in [3.63, 3.8) is 0 Å². The van der Waals surface area contributed by atoms with Crippen molar-refractivity contribution in [3.05, 3.63) is 57.9 Å². The predicted molar refractivity (Wildman–Crippen MR) is 101 cm³/mol. The highest BCUT2D eigenvalue weighted by Gasteiger charge is 2.10. The summed E-state index contributed by atoms with van der Waals surface area (Å²) >= 11 is 1.42. The number of methoxy groups -OCH3 is 1. The van der Waals surface area contributed by atoms with E-state index in [1.807, 2.05) is 54.8 Å². The van der Waals surface area contributed by atoms with Crippen LogP contribution in [0.25, 0.3) is 10.2 Å². The van der Waals surface area contributed by atoms with Gasteiger partial charge in [0.15, 0.2) is 4.80 Å². The average molecular weight is 350 g/mol. The Morgan fingerprint density at radius 3 is 2.60 bits per heavy atom. The van der Waals surface area contributed by atoms with Crippen molar-refractivity contribution in [2.75, 3.05) is 7.11 Å². The van der Waals surface area contributed by atoms with Gasteiger partial charge in [-0.3, -0.25) is 4.79 Å². The summed E-state index contributed by atoms with van der Waals surface area (Å²) in [4.78, 5) is 17.5. The lowest BCUT2D eigenvalue weighted by atomic mass is 10.1. The molecule has 5 heteroatoms. The first kappa shape index (κ1) is 17.0. The van der Waals surface area contributed by atoms with Crippen molar-refractivity contribution in [2.24, 2.45) is 4.99 Å². The van der Waals surface area contributed by atoms with Crippen LogP contribution in [-0.2, 0) is 6.54 Å². The number of terminal acetylenes is 1. The molecule has 0 aliphatic carbocycles. The summed E-state index contributed by atoms with van der Waals surface area (Å²) in [6.45, 7) is 4.29. The number of hydrogen-bond donors (Lipinski definition) is 0. The molecule has 0 saturated heterocycles. The van der Waals surface area contributed by atoms with Gasteiger partial charge < -0.3 is 9.30 Å². The van der Waals surface area contributed by atoms with Gasteiger partial charge in [-0.25, -0.2) is 0 Å². The number of aromatic nitrogens is 1. The van der Waals surface area contributed by atoms with Crippen LogP contribution >= 0.6 is 11.3 Å². The van der Waals surface area contributed by atoms with Crippen LogP contribution in [0, 0.1) is 26.2 Å². The average Bonchev–Trinajstić information content (AvgIpc) is 2.91. The van der Waals surface area contributed by atoms with Gasteiger partial charge in [-0.05, 0) is 44.2 Å². The summed E-state index contributed by atoms with van der Waals surface area (Å²) in [5.74, 6) is 3.12. The molecule has 0 atom stereocenters. The monoisotopic (exact) mass is 350 g/mol. The van der Waals surface area contributed by atoms with E-state index in [0.29, 0.717) is 16.9 Å². The zero-order valence-electron chi connectivity index (χ0n) is 14.4. The van der Waals surface area contributed by atoms with E-state index in [1.165, 1.54) is 11.3 Å². The molecule has 0 saturated carbocycles. The van der Waals surface area contributed by atoms with Gasteiger partial charge in [-0.2, -0.15) is 4.99 Å². The lowest BCUT2D eigenvalue weighted by molar-refractivity contribution is 0.0997. The minimum Gasteiger partial charge on any atom is -0.497 e. The molecule has 2 aromatic carbocycles. The van der Waals surface area contributed by atoms with Gasteiger partial charge in [0.2, 0.25) is 0 Å². The molecule has 25 heavy (non-hydrogen) atoms. The fraction of sp³-hybridized carbons (Fsp3) is 0.200. The second-order valence-corrected chi connectivity index (χ2v) is 6.81. The van der Waals surface area contributed by atoms with E-state index in [4.69, 9.17) is 11.2 Å². The highest BCUT2D eigenvalue weighted by molar-refractivity contribution is 7.16. The number of rotatable bonds is 3. The summed E-state index contributed by atoms with van der Waals surface area (Å²) < 4.78 is 8.12. The molecule has 1 aromatic heterocycles. The summed E-state index contributed by atoms with van der Waals surface area (Å²) in [6, 6.07) is 11.5. The zero-order chi connectivity index (χ0) is 18.0. The normalized spacial score (nSPS) is 11.5. The number of ether oxygens (including phenoxy) is 1. The van der Waals surface area contributed by atoms with Crippen LogP contribution in [-0.4, -0.2) is 17.6 Å². The first-order valence-corrected chi connectivity index (χ1v) is 8.61. The summed E-state index contributed by atoms with van der Waals surface area (Å²) in [5, 5.41) is 0. The van der Waals surface area contributed by atoms with Crippen molar-refractivity contribution in [1.29, 1.82) is 0 Å². The van der Waals surface area contributed by atoms with Gasteiger partial charge >= 0.3 is 0 Å². The first-order chi connectivity index (χ1) is 12.0. The quantitative estimate of drug-likeness (QED) is 0.676. The number of carbonyl (C=O) groups excluding carboxylic acids is 1. The van der Waals surface area contributed by atoms with Gasteiger partial charge in [-0.1, -0.05) is 34.5 Å². The standard InChI is InChI=1S/C20H18N2O2S/c1-5-8-22-17-7-6-16(24-4)12-18(17)25-20(22)21-19(23)15-10-13(2)9-14(3)11-15/h1,6-7,9-12H,8H2,2-4H3. The van der Waals surface area contributed by atoms with Crippen LogP contribution in [0.1, 0.15) is 21.5 Å². The molecular formula is C20H18N2O2S. The van der Waals surface area contributed by atoms with E-state index >= 15 is 0 Å². The summed E-state index contributed by atoms with van der Waals surface area (Å²) in [6.07, 6.45) is 5.50. The third-order valence-corrected chi connectivity index (χ3v) is 4.85. The van der Waals surface area contributed by atoms with Crippen molar-refractivity contribution >= 4 is 27.5 Å². The highest BCUT2D eigenvalue weighted by atomic mass is 32.1. The van der Waals surface area contributed by atoms with Crippen LogP contribution in [0.15, 0.2) is 41.4 Å². The maximum absolute atomic E-state index is 12.6. The van der Waals surface area contributed by atoms with Crippen LogP contribution in [0.4, 0.5) is 0 Å². The van der Waals surface area contributed by atoms with Gasteiger partial charge in [0, 0.05) is 5.56 Å². The van der Waals surface area contributed by atoms with Gasteiger partial charge in [0.05, 0.1) is 23.9 Å². The number of fused-ring (bicyclic) bond motifs is 1. The van der Waals surface area contributed by atoms with Crippen LogP contribution in [0.3, 0.4) is 0 Å². The molecule has 3 aromatic rings. The number of thiazole rings is 1. The largest absolute Gasteiger partial charge is 0.497 e. The van der Waals surface area contributed by atoms with Gasteiger partial charge in [0.1, 0.15) is 5.75 Å². The molecule has 1 amide bonds. The Kier molecular flexibility index (Phi) is 4.73. The Labute approximate surface area is 150 Å². The Morgan fingerprint density at radius 1 is 1.24 bits per heavy atom. The van der Waals surface area contributed by atoms with E-state index in [1.54, 1.807) is 7.11 Å². The smallest absolute Gasteiger partial charge is 0.279 e. The third-order valence-electron chi connectivity index (χ3n) is 3.81. The van der Waals surface area contributed by atoms with Gasteiger partial charge in [-0.15, -0.1) is 6.42 Å². The molecule has 0 unspecified atom stereocenters. The Bertz CT molecular complexity index is 1050. The van der Waals surface area contributed by atoms with Crippen LogP contribution in [0.5, 0.6) is 5.75 Å². The maximum atomic E-state index is 12.6. The van der Waals surface area contributed by atoms with Crippen molar-refractivity contribution < 1.29 is 9.53 Å². The number of hydrogen-bond acceptors (Lipinski definition) is 3. The maximum Gasteiger partial charge on any atom is 0.279 e. The second kappa shape index (κ2) is 6.96. The molecule has 0 spiro atoms. The van der Waals surface area contributed by atoms with E-state index in [2.05, 4.69) is 10.9 Å². The molecule has 0 fully saturated rings. The fourth-order valence-corrected chi connectivity index (χ4v) is 3.82. The topological polar surface area (TPSA) is 43.6 Å². The minimum atomic E-state index is -0.268. The lowest BCUT2D eigenvalue weighted by Crippen LogP contribution is -2.16. The van der Waals surface area contributed by atoms with Crippen LogP contribution < -0.4 is 9.54 Å². The van der Waals surface area contributed by atoms with Crippen LogP contribution in [0.2, 0.25) is 0 Å². The SMILES string of the molecule is C#CCn1c(=NC(=O)c2cc(C)cc(C)c2)sc2cc(OC)ccc21. The van der Waals surface area contributed by atoms with E-state index < -0.39 is 0 Å². The number of nitrogens with zero attached hydrogens (tertiary/aromatic N) is 2. The zero-order valence-corrected chi connectivity index (χ0v) is 15.2. The molecule has 0 aliphatic rings. The Morgan fingerprint density at radius 2 is 1.96 bits per heavy atom. The summed E-state index contributed by atoms with van der Waals surface area (Å²) in [5.41, 5.74) is 3.60. The van der Waals surface area contributed by atoms with E-state index in [-0.39, 0.29) is 5.91 Å². The molecule has 3 rings (SSSR count). The highest BCUT2D eigenvalue weighted by Crippen LogP contribution is 2.23. The molecule has 1 heterocycles. The first-order valence-electron chi connectivity index (χ1n) is 7.80. The van der Waals surface area contributed by atoms with Gasteiger partial charge in [0.25, 0.3) is 5.91 Å². The number of aryl methyl sites for hydroxylation is 2. The van der Waals surface area contributed by atoms with Crippen molar-refractivity contribution in [1.82, 2.24) is 4.57 Å². The summed E-state index contributed by atoms with van der Waals surface area (Å²) in [7, 11) is 1.62. The molecule has 0 N–H and O–H groups in total. The third kappa shape index (κ3) is 3.49. The number of benzene rings is 2. The molecule has 4 nitrogen and oxygen atoms in total. The Hall–Kier alpha value is -2.84. The minimum absolute atomic E-state index is 0.268. The van der Waals surface area contributed by atoms with Crippen molar-refractivity contribution in [2.45, 2.75) is 20.4 Å². The number of carbonyl (C=O) groups is 1. The molecule has 0 radical (unpaired) electrons. The molecule has 0 aliphatic heterocycles. The fourth-order valence-electron chi connectivity index (χ4n) is 2.76. The van der Waals surface area contributed by atoms with E-state index in [0.717, 1.165) is 27.1 Å². The lowest BCUT2D eigenvalue weighted by Gasteiger charge is -2.02. The Balaban J connectivity index is 2.16. The van der Waals surface area contributed by atoms with Crippen molar-refractivity contribution in [3.8, 4) is 18.1 Å². The molecular weight excluding hydrogens is 332 g/mol.